The lowest BCUT2D eigenvalue weighted by Gasteiger charge is -2.37. The van der Waals surface area contributed by atoms with Crippen molar-refractivity contribution in [2.45, 2.75) is 59.4 Å². The highest BCUT2D eigenvalue weighted by Gasteiger charge is 2.29. The number of aromatic nitrogens is 4. The molecule has 5 nitrogen and oxygen atoms in total. The molecule has 19 heavy (non-hydrogen) atoms. The fraction of sp³-hybridized carbons (Fsp3) is 0.929. The quantitative estimate of drug-likeness (QED) is 0.878. The first-order valence-corrected chi connectivity index (χ1v) is 7.43. The number of hydrogen-bond acceptors (Lipinski definition) is 4. The molecule has 0 aliphatic heterocycles. The lowest BCUT2D eigenvalue weighted by molar-refractivity contribution is 0.148. The van der Waals surface area contributed by atoms with E-state index in [-0.39, 0.29) is 6.04 Å². The van der Waals surface area contributed by atoms with Crippen LogP contribution < -0.4 is 5.32 Å². The standard InChI is InChI=1S/C14H27N5/c1-10(13-16-18-19-17-13)15-9-11-5-7-12(8-6-11)14(2,3)4/h10-12,15H,5-9H2,1-4H3,(H,16,17,18,19). The van der Waals surface area contributed by atoms with Gasteiger partial charge in [0.25, 0.3) is 0 Å². The van der Waals surface area contributed by atoms with Gasteiger partial charge in [0.2, 0.25) is 0 Å². The van der Waals surface area contributed by atoms with Crippen molar-refractivity contribution in [2.24, 2.45) is 17.3 Å². The molecule has 5 heteroatoms. The Morgan fingerprint density at radius 2 is 1.95 bits per heavy atom. The largest absolute Gasteiger partial charge is 0.307 e. The third-order valence-electron chi connectivity index (χ3n) is 4.53. The second-order valence-electron chi connectivity index (χ2n) is 6.98. The summed E-state index contributed by atoms with van der Waals surface area (Å²) in [5.74, 6) is 2.44. The first-order valence-electron chi connectivity index (χ1n) is 7.43. The van der Waals surface area contributed by atoms with Gasteiger partial charge in [-0.05, 0) is 56.4 Å². The van der Waals surface area contributed by atoms with Crippen LogP contribution in [0.15, 0.2) is 0 Å². The summed E-state index contributed by atoms with van der Waals surface area (Å²) in [6.07, 6.45) is 5.42. The summed E-state index contributed by atoms with van der Waals surface area (Å²) >= 11 is 0. The van der Waals surface area contributed by atoms with E-state index in [9.17, 15) is 0 Å². The Morgan fingerprint density at radius 3 is 2.47 bits per heavy atom. The molecule has 0 aromatic carbocycles. The van der Waals surface area contributed by atoms with E-state index in [1.54, 1.807) is 0 Å². The second-order valence-corrected chi connectivity index (χ2v) is 6.98. The maximum absolute atomic E-state index is 4.01. The van der Waals surface area contributed by atoms with Gasteiger partial charge in [-0.1, -0.05) is 26.0 Å². The zero-order chi connectivity index (χ0) is 13.9. The summed E-state index contributed by atoms with van der Waals surface area (Å²) in [4.78, 5) is 0. The molecular formula is C14H27N5. The van der Waals surface area contributed by atoms with Crippen molar-refractivity contribution in [2.75, 3.05) is 6.54 Å². The summed E-state index contributed by atoms with van der Waals surface area (Å²) in [5, 5.41) is 17.7. The van der Waals surface area contributed by atoms with Crippen molar-refractivity contribution >= 4 is 0 Å². The van der Waals surface area contributed by atoms with Crippen LogP contribution >= 0.6 is 0 Å². The first-order chi connectivity index (χ1) is 8.97. The molecule has 1 aromatic rings. The van der Waals surface area contributed by atoms with Crippen molar-refractivity contribution in [3.05, 3.63) is 5.82 Å². The van der Waals surface area contributed by atoms with Gasteiger partial charge in [-0.25, -0.2) is 0 Å². The predicted octanol–water partition coefficient (Wildman–Crippen LogP) is 2.70. The van der Waals surface area contributed by atoms with Crippen LogP contribution in [0.4, 0.5) is 0 Å². The Labute approximate surface area is 115 Å². The maximum Gasteiger partial charge on any atom is 0.191 e. The predicted molar refractivity (Wildman–Crippen MR) is 75.5 cm³/mol. The van der Waals surface area contributed by atoms with Gasteiger partial charge >= 0.3 is 0 Å². The number of rotatable bonds is 4. The van der Waals surface area contributed by atoms with E-state index >= 15 is 0 Å². The van der Waals surface area contributed by atoms with Crippen molar-refractivity contribution in [3.63, 3.8) is 0 Å². The Hall–Kier alpha value is -0.970. The van der Waals surface area contributed by atoms with Crippen LogP contribution in [0.1, 0.15) is 65.2 Å². The normalized spacial score (nSPS) is 26.3. The third-order valence-corrected chi connectivity index (χ3v) is 4.53. The molecule has 1 aliphatic rings. The smallest absolute Gasteiger partial charge is 0.191 e. The molecule has 2 rings (SSSR count). The molecule has 0 saturated heterocycles. The number of nitrogens with zero attached hydrogens (tertiary/aromatic N) is 3. The molecule has 1 saturated carbocycles. The Balaban J connectivity index is 1.71. The average molecular weight is 265 g/mol. The maximum atomic E-state index is 4.01. The van der Waals surface area contributed by atoms with E-state index in [0.29, 0.717) is 5.41 Å². The Morgan fingerprint density at radius 1 is 1.26 bits per heavy atom. The van der Waals surface area contributed by atoms with Crippen LogP contribution in [0.3, 0.4) is 0 Å². The highest BCUT2D eigenvalue weighted by Crippen LogP contribution is 2.39. The molecule has 0 amide bonds. The van der Waals surface area contributed by atoms with Crippen LogP contribution in [0.2, 0.25) is 0 Å². The van der Waals surface area contributed by atoms with Gasteiger partial charge in [0.1, 0.15) is 0 Å². The van der Waals surface area contributed by atoms with Crippen LogP contribution in [0.25, 0.3) is 0 Å². The van der Waals surface area contributed by atoms with E-state index in [4.69, 9.17) is 0 Å². The van der Waals surface area contributed by atoms with Gasteiger partial charge in [-0.2, -0.15) is 5.21 Å². The van der Waals surface area contributed by atoms with Gasteiger partial charge < -0.3 is 5.32 Å². The monoisotopic (exact) mass is 265 g/mol. The average Bonchev–Trinajstić information content (AvgIpc) is 2.89. The molecule has 1 atom stereocenters. The highest BCUT2D eigenvalue weighted by atomic mass is 15.5. The minimum absolute atomic E-state index is 0.180. The topological polar surface area (TPSA) is 66.5 Å². The van der Waals surface area contributed by atoms with Gasteiger partial charge in [-0.3, -0.25) is 0 Å². The van der Waals surface area contributed by atoms with Crippen LogP contribution in [-0.4, -0.2) is 27.2 Å². The summed E-state index contributed by atoms with van der Waals surface area (Å²) in [6.45, 7) is 10.3. The van der Waals surface area contributed by atoms with Crippen molar-refractivity contribution in [3.8, 4) is 0 Å². The molecule has 108 valence electrons. The van der Waals surface area contributed by atoms with Crippen molar-refractivity contribution in [1.82, 2.24) is 25.9 Å². The fourth-order valence-corrected chi connectivity index (χ4v) is 3.02. The lowest BCUT2D eigenvalue weighted by atomic mass is 9.70. The van der Waals surface area contributed by atoms with E-state index in [2.05, 4.69) is 53.6 Å². The number of tetrazole rings is 1. The van der Waals surface area contributed by atoms with E-state index in [0.717, 1.165) is 24.2 Å². The minimum atomic E-state index is 0.180. The molecule has 1 aliphatic carbocycles. The molecule has 2 N–H and O–H groups in total. The van der Waals surface area contributed by atoms with Gasteiger partial charge in [0.15, 0.2) is 5.82 Å². The highest BCUT2D eigenvalue weighted by molar-refractivity contribution is 4.87. The molecule has 0 radical (unpaired) electrons. The summed E-state index contributed by atoms with van der Waals surface area (Å²) in [5.41, 5.74) is 0.469. The molecule has 0 bridgehead atoms. The number of aromatic amines is 1. The summed E-state index contributed by atoms with van der Waals surface area (Å²) in [7, 11) is 0. The Kier molecular flexibility index (Phi) is 4.55. The molecule has 1 aromatic heterocycles. The Bertz CT molecular complexity index is 360. The molecule has 1 fully saturated rings. The molecule has 0 spiro atoms. The zero-order valence-electron chi connectivity index (χ0n) is 12.6. The van der Waals surface area contributed by atoms with E-state index < -0.39 is 0 Å². The number of nitrogens with one attached hydrogen (secondary N) is 2. The van der Waals surface area contributed by atoms with Crippen LogP contribution in [-0.2, 0) is 0 Å². The molecule has 1 heterocycles. The van der Waals surface area contributed by atoms with E-state index in [1.165, 1.54) is 25.7 Å². The SMILES string of the molecule is CC(NCC1CCC(C(C)(C)C)CC1)c1nn[nH]n1. The minimum Gasteiger partial charge on any atom is -0.307 e. The molecular weight excluding hydrogens is 238 g/mol. The lowest BCUT2D eigenvalue weighted by Crippen LogP contribution is -2.32. The van der Waals surface area contributed by atoms with Crippen LogP contribution in [0.5, 0.6) is 0 Å². The first kappa shape index (κ1) is 14.4. The number of H-pyrrole nitrogens is 1. The van der Waals surface area contributed by atoms with Crippen LogP contribution in [0, 0.1) is 17.3 Å². The van der Waals surface area contributed by atoms with Gasteiger partial charge in [-0.15, -0.1) is 10.2 Å². The molecule has 1 unspecified atom stereocenters. The summed E-state index contributed by atoms with van der Waals surface area (Å²) < 4.78 is 0. The van der Waals surface area contributed by atoms with Crippen molar-refractivity contribution in [1.29, 1.82) is 0 Å². The van der Waals surface area contributed by atoms with Gasteiger partial charge in [0.05, 0.1) is 6.04 Å². The van der Waals surface area contributed by atoms with E-state index in [1.807, 2.05) is 0 Å². The van der Waals surface area contributed by atoms with Gasteiger partial charge in [0, 0.05) is 0 Å². The summed E-state index contributed by atoms with van der Waals surface area (Å²) in [6, 6.07) is 0.180. The zero-order valence-corrected chi connectivity index (χ0v) is 12.6. The van der Waals surface area contributed by atoms with Crippen molar-refractivity contribution < 1.29 is 0 Å². The third kappa shape index (κ3) is 4.00. The fourth-order valence-electron chi connectivity index (χ4n) is 3.02. The number of hydrogen-bond donors (Lipinski definition) is 2. The second kappa shape index (κ2) is 5.99.